The normalized spacial score (nSPS) is 31.6. The van der Waals surface area contributed by atoms with E-state index in [4.69, 9.17) is 4.74 Å². The van der Waals surface area contributed by atoms with Crippen molar-refractivity contribution >= 4 is 12.1 Å². The summed E-state index contributed by atoms with van der Waals surface area (Å²) in [5.74, 6) is -0.758. The van der Waals surface area contributed by atoms with Gasteiger partial charge in [0.25, 0.3) is 0 Å². The second-order valence-corrected chi connectivity index (χ2v) is 7.05. The lowest BCUT2D eigenvalue weighted by atomic mass is 9.69. The first-order chi connectivity index (χ1) is 8.46. The minimum atomic E-state index is -0.758. The zero-order valence-corrected chi connectivity index (χ0v) is 12.5. The summed E-state index contributed by atoms with van der Waals surface area (Å²) in [7, 11) is 0. The summed E-state index contributed by atoms with van der Waals surface area (Å²) in [5.41, 5.74) is -1.57. The van der Waals surface area contributed by atoms with Gasteiger partial charge in [-0.1, -0.05) is 0 Å². The molecule has 1 aliphatic rings. The smallest absolute Gasteiger partial charge is 0.408 e. The van der Waals surface area contributed by atoms with Gasteiger partial charge < -0.3 is 15.2 Å². The molecule has 0 bridgehead atoms. The van der Waals surface area contributed by atoms with Crippen LogP contribution in [0.3, 0.4) is 0 Å². The van der Waals surface area contributed by atoms with Crippen LogP contribution in [0.15, 0.2) is 0 Å². The van der Waals surface area contributed by atoms with E-state index < -0.39 is 23.1 Å². The summed E-state index contributed by atoms with van der Waals surface area (Å²) in [5, 5.41) is 12.1. The maximum absolute atomic E-state index is 11.8. The molecule has 1 fully saturated rings. The van der Waals surface area contributed by atoms with E-state index in [2.05, 4.69) is 5.32 Å². The third kappa shape index (κ3) is 4.40. The molecule has 0 aromatic rings. The molecule has 0 aliphatic heterocycles. The van der Waals surface area contributed by atoms with Gasteiger partial charge in [0, 0.05) is 5.54 Å². The van der Waals surface area contributed by atoms with E-state index in [0.717, 1.165) is 0 Å². The van der Waals surface area contributed by atoms with Crippen molar-refractivity contribution < 1.29 is 19.4 Å². The predicted molar refractivity (Wildman–Crippen MR) is 72.0 cm³/mol. The highest BCUT2D eigenvalue weighted by Crippen LogP contribution is 2.40. The fourth-order valence-electron chi connectivity index (χ4n) is 2.24. The second kappa shape index (κ2) is 5.02. The van der Waals surface area contributed by atoms with Crippen LogP contribution >= 0.6 is 0 Å². The number of carboxylic acid groups (broad SMARTS) is 1. The van der Waals surface area contributed by atoms with Gasteiger partial charge in [-0.2, -0.15) is 0 Å². The first-order valence-corrected chi connectivity index (χ1v) is 6.70. The molecule has 5 nitrogen and oxygen atoms in total. The van der Waals surface area contributed by atoms with Gasteiger partial charge in [0.2, 0.25) is 0 Å². The topological polar surface area (TPSA) is 75.6 Å². The molecule has 0 heterocycles. The van der Waals surface area contributed by atoms with E-state index in [0.29, 0.717) is 25.7 Å². The average molecular weight is 271 g/mol. The zero-order valence-electron chi connectivity index (χ0n) is 12.5. The van der Waals surface area contributed by atoms with E-state index in [1.165, 1.54) is 0 Å². The fraction of sp³-hybridized carbons (Fsp3) is 0.857. The van der Waals surface area contributed by atoms with E-state index in [-0.39, 0.29) is 5.54 Å². The summed E-state index contributed by atoms with van der Waals surface area (Å²) in [4.78, 5) is 23.0. The Balaban J connectivity index is 2.57. The molecule has 1 amide bonds. The highest BCUT2D eigenvalue weighted by Gasteiger charge is 2.43. The van der Waals surface area contributed by atoms with Crippen molar-refractivity contribution in [3.05, 3.63) is 0 Å². The van der Waals surface area contributed by atoms with Crippen LogP contribution in [0, 0.1) is 5.41 Å². The lowest BCUT2D eigenvalue weighted by Crippen LogP contribution is -2.52. The summed E-state index contributed by atoms with van der Waals surface area (Å²) in [6.45, 7) is 9.16. The molecule has 5 heteroatoms. The van der Waals surface area contributed by atoms with Crippen LogP contribution in [0.1, 0.15) is 60.3 Å². The number of carboxylic acids is 1. The monoisotopic (exact) mass is 271 g/mol. The molecule has 0 saturated heterocycles. The van der Waals surface area contributed by atoms with E-state index in [9.17, 15) is 14.7 Å². The van der Waals surface area contributed by atoms with Crippen LogP contribution in [0.5, 0.6) is 0 Å². The third-order valence-electron chi connectivity index (χ3n) is 3.78. The van der Waals surface area contributed by atoms with Crippen LogP contribution in [0.4, 0.5) is 4.79 Å². The zero-order chi connectivity index (χ0) is 14.9. The minimum Gasteiger partial charge on any atom is -0.481 e. The van der Waals surface area contributed by atoms with Gasteiger partial charge in [0.05, 0.1) is 5.41 Å². The highest BCUT2D eigenvalue weighted by atomic mass is 16.6. The van der Waals surface area contributed by atoms with Crippen LogP contribution in [-0.2, 0) is 9.53 Å². The Morgan fingerprint density at radius 2 is 1.58 bits per heavy atom. The molecule has 110 valence electrons. The van der Waals surface area contributed by atoms with Crippen LogP contribution < -0.4 is 5.32 Å². The maximum atomic E-state index is 11.8. The molecule has 1 rings (SSSR count). The Morgan fingerprint density at radius 3 is 1.95 bits per heavy atom. The van der Waals surface area contributed by atoms with E-state index in [1.807, 2.05) is 27.7 Å². The molecule has 0 atom stereocenters. The standard InChI is InChI=1S/C14H25NO4/c1-12(2,3)19-11(18)15-14(5)8-6-13(4,7-9-14)10(16)17/h6-9H2,1-5H3,(H,15,18)(H,16,17). The van der Waals surface area contributed by atoms with Gasteiger partial charge in [-0.15, -0.1) is 0 Å². The van der Waals surface area contributed by atoms with Crippen molar-refractivity contribution in [3.8, 4) is 0 Å². The first-order valence-electron chi connectivity index (χ1n) is 6.70. The lowest BCUT2D eigenvalue weighted by molar-refractivity contribution is -0.150. The molecule has 0 aromatic heterocycles. The van der Waals surface area contributed by atoms with Gasteiger partial charge in [0.15, 0.2) is 0 Å². The fourth-order valence-corrected chi connectivity index (χ4v) is 2.24. The Labute approximate surface area is 114 Å². The van der Waals surface area contributed by atoms with Crippen molar-refractivity contribution in [1.82, 2.24) is 5.32 Å². The van der Waals surface area contributed by atoms with E-state index >= 15 is 0 Å². The van der Waals surface area contributed by atoms with E-state index in [1.54, 1.807) is 6.92 Å². The van der Waals surface area contributed by atoms with Gasteiger partial charge in [0.1, 0.15) is 5.60 Å². The molecule has 0 unspecified atom stereocenters. The summed E-state index contributed by atoms with van der Waals surface area (Å²) in [6, 6.07) is 0. The minimum absolute atomic E-state index is 0.378. The molecule has 0 spiro atoms. The Morgan fingerprint density at radius 1 is 1.11 bits per heavy atom. The molecule has 0 radical (unpaired) electrons. The number of rotatable bonds is 2. The SMILES string of the molecule is CC1(NC(=O)OC(C)(C)C)CCC(C)(C(=O)O)CC1. The number of carbonyl (C=O) groups excluding carboxylic acids is 1. The van der Waals surface area contributed by atoms with Gasteiger partial charge in [-0.25, -0.2) is 4.79 Å². The maximum Gasteiger partial charge on any atom is 0.408 e. The number of ether oxygens (including phenoxy) is 1. The number of amides is 1. The molecular formula is C14H25NO4. The Bertz CT molecular complexity index is 362. The van der Waals surface area contributed by atoms with Crippen molar-refractivity contribution in [3.63, 3.8) is 0 Å². The van der Waals surface area contributed by atoms with Crippen molar-refractivity contribution in [2.24, 2.45) is 5.41 Å². The van der Waals surface area contributed by atoms with Crippen LogP contribution in [0.25, 0.3) is 0 Å². The highest BCUT2D eigenvalue weighted by molar-refractivity contribution is 5.74. The number of aliphatic carboxylic acids is 1. The third-order valence-corrected chi connectivity index (χ3v) is 3.78. The first kappa shape index (κ1) is 15.8. The quantitative estimate of drug-likeness (QED) is 0.809. The predicted octanol–water partition coefficient (Wildman–Crippen LogP) is 2.93. The number of alkyl carbamates (subject to hydrolysis) is 1. The Kier molecular flexibility index (Phi) is 4.17. The molecule has 19 heavy (non-hydrogen) atoms. The number of hydrogen-bond acceptors (Lipinski definition) is 3. The average Bonchev–Trinajstić information content (AvgIpc) is 2.19. The van der Waals surface area contributed by atoms with Crippen molar-refractivity contribution in [2.45, 2.75) is 71.4 Å². The van der Waals surface area contributed by atoms with Crippen LogP contribution in [-0.4, -0.2) is 28.3 Å². The molecule has 1 aliphatic carbocycles. The van der Waals surface area contributed by atoms with Crippen molar-refractivity contribution in [2.75, 3.05) is 0 Å². The number of carbonyl (C=O) groups is 2. The van der Waals surface area contributed by atoms with Crippen molar-refractivity contribution in [1.29, 1.82) is 0 Å². The number of nitrogens with one attached hydrogen (secondary N) is 1. The Hall–Kier alpha value is -1.26. The van der Waals surface area contributed by atoms with Crippen LogP contribution in [0.2, 0.25) is 0 Å². The molecule has 2 N–H and O–H groups in total. The van der Waals surface area contributed by atoms with Gasteiger partial charge >= 0.3 is 12.1 Å². The summed E-state index contributed by atoms with van der Waals surface area (Å²) in [6.07, 6.45) is 1.99. The summed E-state index contributed by atoms with van der Waals surface area (Å²) < 4.78 is 5.24. The lowest BCUT2D eigenvalue weighted by Gasteiger charge is -2.41. The molecule has 0 aromatic carbocycles. The van der Waals surface area contributed by atoms with Gasteiger partial charge in [-0.3, -0.25) is 4.79 Å². The number of hydrogen-bond donors (Lipinski definition) is 2. The molecular weight excluding hydrogens is 246 g/mol. The summed E-state index contributed by atoms with van der Waals surface area (Å²) >= 11 is 0. The largest absolute Gasteiger partial charge is 0.481 e. The second-order valence-electron chi connectivity index (χ2n) is 7.05. The van der Waals surface area contributed by atoms with Gasteiger partial charge in [-0.05, 0) is 60.3 Å². The molecule has 1 saturated carbocycles.